The molecule has 0 radical (unpaired) electrons. The van der Waals surface area contributed by atoms with Crippen molar-refractivity contribution in [1.29, 1.82) is 0 Å². The molecule has 30 heavy (non-hydrogen) atoms. The zero-order valence-corrected chi connectivity index (χ0v) is 17.9. The molecule has 3 aliphatic heterocycles. The first kappa shape index (κ1) is 21.2. The van der Waals surface area contributed by atoms with Crippen LogP contribution in [0.2, 0.25) is 0 Å². The molecule has 3 saturated heterocycles. The first-order valence-electron chi connectivity index (χ1n) is 10.5. The number of benzene rings is 1. The summed E-state index contributed by atoms with van der Waals surface area (Å²) >= 11 is 0. The summed E-state index contributed by atoms with van der Waals surface area (Å²) in [5, 5.41) is 10.7. The number of rotatable bonds is 10. The van der Waals surface area contributed by atoms with Crippen molar-refractivity contribution in [2.45, 2.75) is 94.9 Å². The van der Waals surface area contributed by atoms with Gasteiger partial charge in [-0.25, -0.2) is 0 Å². The Morgan fingerprint density at radius 3 is 2.07 bits per heavy atom. The van der Waals surface area contributed by atoms with Crippen molar-refractivity contribution in [2.75, 3.05) is 0 Å². The maximum absolute atomic E-state index is 12.2. The summed E-state index contributed by atoms with van der Waals surface area (Å²) in [4.78, 5) is 22.3. The van der Waals surface area contributed by atoms with E-state index in [0.717, 1.165) is 25.7 Å². The molecule has 3 fully saturated rings. The molecule has 3 heterocycles. The minimum Gasteiger partial charge on any atom is -0.426 e. The quantitative estimate of drug-likeness (QED) is 0.186. The van der Waals surface area contributed by atoms with Crippen LogP contribution < -0.4 is 4.74 Å². The van der Waals surface area contributed by atoms with Crippen LogP contribution in [0.15, 0.2) is 24.3 Å². The SMILES string of the molecule is CC1(C)O[C@@H]1CC[C@@]1(C)O[C@@H]1CC[C@@]1(C)O[C@@H]1CC(=O)Oc1ccc([N+](=O)[O-])cc1. The summed E-state index contributed by atoms with van der Waals surface area (Å²) in [6, 6.07) is 5.46. The van der Waals surface area contributed by atoms with E-state index in [-0.39, 0.29) is 46.9 Å². The molecule has 1 aromatic rings. The van der Waals surface area contributed by atoms with E-state index in [1.807, 2.05) is 6.92 Å². The number of nitrogens with zero attached hydrogens (tertiary/aromatic N) is 1. The van der Waals surface area contributed by atoms with Gasteiger partial charge < -0.3 is 18.9 Å². The van der Waals surface area contributed by atoms with Crippen LogP contribution in [0.5, 0.6) is 5.75 Å². The summed E-state index contributed by atoms with van der Waals surface area (Å²) < 4.78 is 22.6. The van der Waals surface area contributed by atoms with Crippen molar-refractivity contribution in [3.8, 4) is 5.75 Å². The van der Waals surface area contributed by atoms with Gasteiger partial charge in [-0.15, -0.1) is 0 Å². The molecule has 8 heteroatoms. The molecule has 3 aliphatic rings. The number of hydrogen-bond acceptors (Lipinski definition) is 7. The Kier molecular flexibility index (Phi) is 5.15. The van der Waals surface area contributed by atoms with E-state index in [4.69, 9.17) is 18.9 Å². The molecular weight excluding hydrogens is 390 g/mol. The van der Waals surface area contributed by atoms with Gasteiger partial charge in [0.25, 0.3) is 5.69 Å². The van der Waals surface area contributed by atoms with Gasteiger partial charge in [-0.05, 0) is 65.5 Å². The van der Waals surface area contributed by atoms with E-state index in [1.54, 1.807) is 0 Å². The molecule has 0 bridgehead atoms. The smallest absolute Gasteiger partial charge is 0.313 e. The lowest BCUT2D eigenvalue weighted by Gasteiger charge is -2.08. The Morgan fingerprint density at radius 1 is 0.967 bits per heavy atom. The van der Waals surface area contributed by atoms with Crippen LogP contribution in [0.1, 0.15) is 59.8 Å². The van der Waals surface area contributed by atoms with Crippen LogP contribution in [0, 0.1) is 10.1 Å². The predicted octanol–water partition coefficient (Wildman–Crippen LogP) is 3.94. The third-order valence-corrected chi connectivity index (χ3v) is 6.67. The Bertz CT molecular complexity index is 838. The van der Waals surface area contributed by atoms with Crippen molar-refractivity contribution in [3.63, 3.8) is 0 Å². The fourth-order valence-electron chi connectivity index (χ4n) is 4.18. The van der Waals surface area contributed by atoms with Crippen LogP contribution >= 0.6 is 0 Å². The van der Waals surface area contributed by atoms with Gasteiger partial charge in [-0.1, -0.05) is 0 Å². The highest BCUT2D eigenvalue weighted by atomic mass is 16.6. The Labute approximate surface area is 176 Å². The van der Waals surface area contributed by atoms with E-state index in [0.29, 0.717) is 6.10 Å². The van der Waals surface area contributed by atoms with Crippen LogP contribution in [0.25, 0.3) is 0 Å². The lowest BCUT2D eigenvalue weighted by molar-refractivity contribution is -0.384. The van der Waals surface area contributed by atoms with E-state index < -0.39 is 10.9 Å². The first-order chi connectivity index (χ1) is 14.0. The number of carbonyl (C=O) groups excluding carboxylic acids is 1. The van der Waals surface area contributed by atoms with Gasteiger partial charge >= 0.3 is 5.97 Å². The molecule has 8 nitrogen and oxygen atoms in total. The number of non-ortho nitro benzene ring substituents is 1. The van der Waals surface area contributed by atoms with Crippen molar-refractivity contribution in [3.05, 3.63) is 34.4 Å². The Hall–Kier alpha value is -2.03. The standard InChI is InChI=1S/C22H29NO7/c1-20(2)16(28-20)9-11-21(3)17(29-21)10-12-22(4)18(30-22)13-19(24)27-15-7-5-14(6-8-15)23(25)26/h5-8,16-18H,9-13H2,1-4H3/t16-,17-,18-,21-,22-/m1/s1. The summed E-state index contributed by atoms with van der Waals surface area (Å²) in [6.07, 6.45) is 4.30. The molecule has 0 spiro atoms. The molecule has 0 amide bonds. The van der Waals surface area contributed by atoms with E-state index in [9.17, 15) is 14.9 Å². The van der Waals surface area contributed by atoms with E-state index >= 15 is 0 Å². The summed E-state index contributed by atoms with van der Waals surface area (Å²) in [7, 11) is 0. The van der Waals surface area contributed by atoms with Crippen LogP contribution in [0.4, 0.5) is 5.69 Å². The van der Waals surface area contributed by atoms with Gasteiger partial charge in [-0.3, -0.25) is 14.9 Å². The van der Waals surface area contributed by atoms with Crippen molar-refractivity contribution in [2.24, 2.45) is 0 Å². The van der Waals surface area contributed by atoms with Crippen LogP contribution in [0.3, 0.4) is 0 Å². The molecular formula is C22H29NO7. The molecule has 0 aliphatic carbocycles. The fourth-order valence-corrected chi connectivity index (χ4v) is 4.18. The lowest BCUT2D eigenvalue weighted by Crippen LogP contribution is -2.18. The molecule has 4 rings (SSSR count). The maximum atomic E-state index is 12.2. The molecule has 0 saturated carbocycles. The predicted molar refractivity (Wildman–Crippen MR) is 107 cm³/mol. The Balaban J connectivity index is 1.16. The van der Waals surface area contributed by atoms with Gasteiger partial charge in [0.05, 0.1) is 46.5 Å². The number of nitro groups is 1. The largest absolute Gasteiger partial charge is 0.426 e. The molecule has 164 valence electrons. The normalized spacial score (nSPS) is 35.5. The van der Waals surface area contributed by atoms with E-state index in [1.165, 1.54) is 24.3 Å². The minimum atomic E-state index is -0.496. The Morgan fingerprint density at radius 2 is 1.50 bits per heavy atom. The van der Waals surface area contributed by atoms with Gasteiger partial charge in [-0.2, -0.15) is 0 Å². The van der Waals surface area contributed by atoms with Gasteiger partial charge in [0, 0.05) is 12.1 Å². The minimum absolute atomic E-state index is 0.0202. The van der Waals surface area contributed by atoms with Crippen molar-refractivity contribution < 1.29 is 28.7 Å². The monoisotopic (exact) mass is 419 g/mol. The maximum Gasteiger partial charge on any atom is 0.313 e. The number of carbonyl (C=O) groups is 1. The number of esters is 1. The second-order valence-corrected chi connectivity index (χ2v) is 9.55. The zero-order valence-electron chi connectivity index (χ0n) is 17.9. The van der Waals surface area contributed by atoms with Crippen molar-refractivity contribution >= 4 is 11.7 Å². The number of ether oxygens (including phenoxy) is 4. The summed E-state index contributed by atoms with van der Waals surface area (Å²) in [6.45, 7) is 8.39. The van der Waals surface area contributed by atoms with Gasteiger partial charge in [0.15, 0.2) is 0 Å². The molecule has 0 N–H and O–H groups in total. The number of hydrogen-bond donors (Lipinski definition) is 0. The average molecular weight is 419 g/mol. The average Bonchev–Trinajstić information content (AvgIpc) is 3.60. The zero-order chi connectivity index (χ0) is 21.7. The second-order valence-electron chi connectivity index (χ2n) is 9.55. The van der Waals surface area contributed by atoms with E-state index in [2.05, 4.69) is 20.8 Å². The highest BCUT2D eigenvalue weighted by molar-refractivity contribution is 5.73. The van der Waals surface area contributed by atoms with Crippen molar-refractivity contribution in [1.82, 2.24) is 0 Å². The van der Waals surface area contributed by atoms with Crippen LogP contribution in [-0.2, 0) is 19.0 Å². The lowest BCUT2D eigenvalue weighted by atomic mass is 9.92. The molecule has 5 atom stereocenters. The van der Waals surface area contributed by atoms with Crippen LogP contribution in [-0.4, -0.2) is 46.0 Å². The molecule has 0 unspecified atom stereocenters. The number of epoxide rings is 3. The van der Waals surface area contributed by atoms with Gasteiger partial charge in [0.1, 0.15) is 5.75 Å². The number of nitro benzene ring substituents is 1. The van der Waals surface area contributed by atoms with Gasteiger partial charge in [0.2, 0.25) is 0 Å². The first-order valence-corrected chi connectivity index (χ1v) is 10.5. The topological polar surface area (TPSA) is 107 Å². The fraction of sp³-hybridized carbons (Fsp3) is 0.682. The molecule has 0 aromatic heterocycles. The highest BCUT2D eigenvalue weighted by Gasteiger charge is 2.58. The summed E-state index contributed by atoms with van der Waals surface area (Å²) in [5.74, 6) is -0.116. The highest BCUT2D eigenvalue weighted by Crippen LogP contribution is 2.50. The molecule has 1 aromatic carbocycles. The second kappa shape index (κ2) is 7.28. The third-order valence-electron chi connectivity index (χ3n) is 6.67. The summed E-state index contributed by atoms with van der Waals surface area (Å²) in [5.41, 5.74) is -0.428. The third kappa shape index (κ3) is 4.66.